The number of hydrogen-bond donors (Lipinski definition) is 0. The number of aromatic nitrogens is 2. The minimum atomic E-state index is -0.407. The lowest BCUT2D eigenvalue weighted by atomic mass is 9.84. The number of hydrogen-bond acceptors (Lipinski definition) is 4. The van der Waals surface area contributed by atoms with Crippen molar-refractivity contribution >= 4 is 12.7 Å². The number of ether oxygens (including phenoxy) is 1. The minimum absolute atomic E-state index is 0.131. The molecule has 106 valence electrons. The molecule has 1 aromatic heterocycles. The fourth-order valence-electron chi connectivity index (χ4n) is 2.09. The van der Waals surface area contributed by atoms with Gasteiger partial charge in [-0.25, -0.2) is 4.68 Å². The highest BCUT2D eigenvalue weighted by molar-refractivity contribution is 6.61. The van der Waals surface area contributed by atoms with Crippen molar-refractivity contribution < 1.29 is 14.0 Å². The van der Waals surface area contributed by atoms with Crippen LogP contribution in [0.3, 0.4) is 0 Å². The predicted octanol–water partition coefficient (Wildman–Crippen LogP) is 1.74. The summed E-state index contributed by atoms with van der Waals surface area (Å²) in [5.74, 6) is 0. The van der Waals surface area contributed by atoms with Gasteiger partial charge >= 0.3 is 7.12 Å². The Balaban J connectivity index is 2.23. The van der Waals surface area contributed by atoms with Crippen molar-refractivity contribution in [3.05, 3.63) is 12.3 Å². The Morgan fingerprint density at radius 3 is 2.42 bits per heavy atom. The van der Waals surface area contributed by atoms with E-state index in [1.165, 1.54) is 0 Å². The van der Waals surface area contributed by atoms with Gasteiger partial charge in [-0.15, -0.1) is 0 Å². The second-order valence-electron chi connectivity index (χ2n) is 5.84. The molecule has 2 rings (SSSR count). The summed E-state index contributed by atoms with van der Waals surface area (Å²) >= 11 is 0. The van der Waals surface area contributed by atoms with Gasteiger partial charge in [0.1, 0.15) is 6.23 Å². The molecule has 0 N–H and O–H groups in total. The van der Waals surface area contributed by atoms with E-state index >= 15 is 0 Å². The maximum atomic E-state index is 6.04. The molecule has 1 aliphatic heterocycles. The predicted molar refractivity (Wildman–Crippen MR) is 74.3 cm³/mol. The third-order valence-electron chi connectivity index (χ3n) is 3.95. The van der Waals surface area contributed by atoms with Gasteiger partial charge in [0, 0.05) is 12.8 Å². The Kier molecular flexibility index (Phi) is 3.77. The Hall–Kier alpha value is -0.845. The van der Waals surface area contributed by atoms with E-state index in [-0.39, 0.29) is 17.4 Å². The quantitative estimate of drug-likeness (QED) is 0.779. The van der Waals surface area contributed by atoms with Crippen molar-refractivity contribution in [1.82, 2.24) is 9.78 Å². The molecular weight excluding hydrogens is 243 g/mol. The molecule has 2 heterocycles. The van der Waals surface area contributed by atoms with Crippen LogP contribution in [0.4, 0.5) is 0 Å². The van der Waals surface area contributed by atoms with E-state index in [1.54, 1.807) is 6.20 Å². The zero-order chi connectivity index (χ0) is 14.3. The van der Waals surface area contributed by atoms with Gasteiger partial charge in [-0.2, -0.15) is 5.10 Å². The van der Waals surface area contributed by atoms with Crippen LogP contribution in [-0.2, 0) is 14.0 Å². The van der Waals surface area contributed by atoms with E-state index in [9.17, 15) is 0 Å². The molecule has 1 saturated heterocycles. The molecule has 0 unspecified atom stereocenters. The fraction of sp³-hybridized carbons (Fsp3) is 0.769. The van der Waals surface area contributed by atoms with Crippen LogP contribution in [0, 0.1) is 0 Å². The molecule has 19 heavy (non-hydrogen) atoms. The lowest BCUT2D eigenvalue weighted by Crippen LogP contribution is -2.41. The van der Waals surface area contributed by atoms with Crippen molar-refractivity contribution in [3.8, 4) is 0 Å². The molecule has 1 atom stereocenters. The summed E-state index contributed by atoms with van der Waals surface area (Å²) in [5, 5.41) is 4.31. The third-order valence-corrected chi connectivity index (χ3v) is 3.95. The van der Waals surface area contributed by atoms with Gasteiger partial charge in [-0.1, -0.05) is 0 Å². The molecule has 0 radical (unpaired) electrons. The zero-order valence-corrected chi connectivity index (χ0v) is 12.6. The molecule has 0 bridgehead atoms. The molecule has 1 aromatic rings. The summed E-state index contributed by atoms with van der Waals surface area (Å²) < 4.78 is 19.5. The molecule has 0 amide bonds. The normalized spacial score (nSPS) is 22.7. The maximum Gasteiger partial charge on any atom is 0.514 e. The zero-order valence-electron chi connectivity index (χ0n) is 12.6. The Morgan fingerprint density at radius 2 is 1.89 bits per heavy atom. The smallest absolute Gasteiger partial charge is 0.398 e. The van der Waals surface area contributed by atoms with Gasteiger partial charge in [-0.05, 0) is 47.6 Å². The van der Waals surface area contributed by atoms with Gasteiger partial charge in [0.25, 0.3) is 0 Å². The van der Waals surface area contributed by atoms with E-state index in [2.05, 4.69) is 5.10 Å². The molecule has 0 spiro atoms. The van der Waals surface area contributed by atoms with Crippen LogP contribution in [0.2, 0.25) is 0 Å². The third kappa shape index (κ3) is 2.57. The molecule has 6 heteroatoms. The van der Waals surface area contributed by atoms with Crippen molar-refractivity contribution in [3.63, 3.8) is 0 Å². The average molecular weight is 266 g/mol. The fourth-order valence-corrected chi connectivity index (χ4v) is 2.09. The molecule has 0 saturated carbocycles. The molecule has 0 aliphatic carbocycles. The summed E-state index contributed by atoms with van der Waals surface area (Å²) in [6.45, 7) is 12.7. The summed E-state index contributed by atoms with van der Waals surface area (Å²) in [6, 6.07) is 1.91. The highest BCUT2D eigenvalue weighted by Gasteiger charge is 2.52. The van der Waals surface area contributed by atoms with Gasteiger partial charge in [0.05, 0.1) is 16.8 Å². The SMILES string of the molecule is CCO[C@@H](C)n1nccc1B1OC(C)(C)C(C)(C)O1. The molecule has 1 aliphatic rings. The second kappa shape index (κ2) is 4.92. The maximum absolute atomic E-state index is 6.04. The van der Waals surface area contributed by atoms with Gasteiger partial charge in [-0.3, -0.25) is 0 Å². The lowest BCUT2D eigenvalue weighted by molar-refractivity contribution is 0.00578. The first-order valence-corrected chi connectivity index (χ1v) is 6.79. The van der Waals surface area contributed by atoms with Gasteiger partial charge in [0.15, 0.2) is 0 Å². The summed E-state index contributed by atoms with van der Waals surface area (Å²) in [5.41, 5.74) is 0.197. The van der Waals surface area contributed by atoms with Crippen LogP contribution < -0.4 is 5.59 Å². The summed E-state index contributed by atoms with van der Waals surface area (Å²) in [4.78, 5) is 0. The van der Waals surface area contributed by atoms with E-state index in [0.29, 0.717) is 6.61 Å². The Bertz CT molecular complexity index is 429. The standard InChI is InChI=1S/C13H23BN2O3/c1-7-17-10(2)16-11(8-9-15-16)14-18-12(3,4)13(5,6)19-14/h8-10H,7H2,1-6H3/t10-/m0/s1. The molecule has 1 fully saturated rings. The first-order valence-electron chi connectivity index (χ1n) is 6.79. The molecular formula is C13H23BN2O3. The van der Waals surface area contributed by atoms with Crippen molar-refractivity contribution in [1.29, 1.82) is 0 Å². The van der Waals surface area contributed by atoms with Gasteiger partial charge in [0.2, 0.25) is 0 Å². The first-order chi connectivity index (χ1) is 8.78. The highest BCUT2D eigenvalue weighted by atomic mass is 16.7. The van der Waals surface area contributed by atoms with Crippen LogP contribution >= 0.6 is 0 Å². The van der Waals surface area contributed by atoms with Crippen LogP contribution in [0.25, 0.3) is 0 Å². The Labute approximate surface area is 115 Å². The number of rotatable bonds is 4. The van der Waals surface area contributed by atoms with Crippen molar-refractivity contribution in [2.75, 3.05) is 6.61 Å². The lowest BCUT2D eigenvalue weighted by Gasteiger charge is -2.32. The van der Waals surface area contributed by atoms with Crippen LogP contribution in [0.15, 0.2) is 12.3 Å². The largest absolute Gasteiger partial charge is 0.514 e. The van der Waals surface area contributed by atoms with E-state index in [1.807, 2.05) is 52.3 Å². The van der Waals surface area contributed by atoms with Crippen molar-refractivity contribution in [2.24, 2.45) is 0 Å². The minimum Gasteiger partial charge on any atom is -0.398 e. The van der Waals surface area contributed by atoms with E-state index < -0.39 is 7.12 Å². The van der Waals surface area contributed by atoms with Crippen LogP contribution in [0.5, 0.6) is 0 Å². The molecule has 5 nitrogen and oxygen atoms in total. The van der Waals surface area contributed by atoms with E-state index in [0.717, 1.165) is 5.59 Å². The average Bonchev–Trinajstić information content (AvgIpc) is 2.82. The van der Waals surface area contributed by atoms with E-state index in [4.69, 9.17) is 14.0 Å². The van der Waals surface area contributed by atoms with Crippen molar-refractivity contribution in [2.45, 2.75) is 59.0 Å². The van der Waals surface area contributed by atoms with Gasteiger partial charge < -0.3 is 14.0 Å². The summed E-state index contributed by atoms with van der Waals surface area (Å²) in [7, 11) is -0.407. The highest BCUT2D eigenvalue weighted by Crippen LogP contribution is 2.36. The number of nitrogens with zero attached hydrogens (tertiary/aromatic N) is 2. The monoisotopic (exact) mass is 266 g/mol. The second-order valence-corrected chi connectivity index (χ2v) is 5.84. The first kappa shape index (κ1) is 14.6. The molecule has 0 aromatic carbocycles. The summed E-state index contributed by atoms with van der Waals surface area (Å²) in [6.07, 6.45) is 1.62. The van der Waals surface area contributed by atoms with Crippen LogP contribution in [0.1, 0.15) is 47.8 Å². The topological polar surface area (TPSA) is 45.5 Å². The van der Waals surface area contributed by atoms with Crippen LogP contribution in [-0.4, -0.2) is 34.7 Å². The Morgan fingerprint density at radius 1 is 1.32 bits per heavy atom.